The van der Waals surface area contributed by atoms with Crippen molar-refractivity contribution >= 4 is 16.5 Å². The van der Waals surface area contributed by atoms with Gasteiger partial charge in [0.25, 0.3) is 0 Å². The average Bonchev–Trinajstić information content (AvgIpc) is 2.53. The fourth-order valence-corrected chi connectivity index (χ4v) is 2.25. The van der Waals surface area contributed by atoms with Crippen LogP contribution in [0.15, 0.2) is 66.7 Å². The summed E-state index contributed by atoms with van der Waals surface area (Å²) in [5.41, 5.74) is 2.89. The van der Waals surface area contributed by atoms with Crippen molar-refractivity contribution in [1.29, 1.82) is 5.26 Å². The van der Waals surface area contributed by atoms with E-state index in [0.29, 0.717) is 12.1 Å². The van der Waals surface area contributed by atoms with Crippen LogP contribution >= 0.6 is 0 Å². The molecule has 3 aromatic rings. The van der Waals surface area contributed by atoms with Crippen molar-refractivity contribution in [2.45, 2.75) is 6.54 Å². The number of hydrogen-bond donors (Lipinski definition) is 1. The maximum Gasteiger partial charge on any atom is 0.0991 e. The smallest absolute Gasteiger partial charge is 0.0991 e. The first kappa shape index (κ1) is 12.3. The van der Waals surface area contributed by atoms with E-state index in [1.165, 1.54) is 10.8 Å². The van der Waals surface area contributed by atoms with E-state index in [0.717, 1.165) is 11.3 Å². The molecule has 0 heterocycles. The van der Waals surface area contributed by atoms with Crippen molar-refractivity contribution < 1.29 is 0 Å². The van der Waals surface area contributed by atoms with Gasteiger partial charge >= 0.3 is 0 Å². The summed E-state index contributed by atoms with van der Waals surface area (Å²) >= 11 is 0. The van der Waals surface area contributed by atoms with Gasteiger partial charge in [-0.3, -0.25) is 0 Å². The monoisotopic (exact) mass is 258 g/mol. The van der Waals surface area contributed by atoms with E-state index >= 15 is 0 Å². The van der Waals surface area contributed by atoms with Gasteiger partial charge in [-0.15, -0.1) is 0 Å². The predicted octanol–water partition coefficient (Wildman–Crippen LogP) is 4.32. The van der Waals surface area contributed by atoms with Gasteiger partial charge < -0.3 is 5.32 Å². The summed E-state index contributed by atoms with van der Waals surface area (Å²) < 4.78 is 0. The lowest BCUT2D eigenvalue weighted by molar-refractivity contribution is 1.15. The van der Waals surface area contributed by atoms with Crippen molar-refractivity contribution in [3.63, 3.8) is 0 Å². The van der Waals surface area contributed by atoms with Crippen LogP contribution in [-0.2, 0) is 6.54 Å². The van der Waals surface area contributed by atoms with E-state index in [1.54, 1.807) is 0 Å². The molecule has 1 N–H and O–H groups in total. The summed E-state index contributed by atoms with van der Waals surface area (Å²) in [6.45, 7) is 0.716. The zero-order valence-electron chi connectivity index (χ0n) is 11.0. The molecule has 0 spiro atoms. The number of nitrogens with one attached hydrogen (secondary N) is 1. The Morgan fingerprint density at radius 1 is 0.850 bits per heavy atom. The summed E-state index contributed by atoms with van der Waals surface area (Å²) in [6.07, 6.45) is 0. The number of anilines is 1. The minimum absolute atomic E-state index is 0.697. The van der Waals surface area contributed by atoms with E-state index in [9.17, 15) is 0 Å². The van der Waals surface area contributed by atoms with Gasteiger partial charge in [0.2, 0.25) is 0 Å². The van der Waals surface area contributed by atoms with E-state index < -0.39 is 0 Å². The van der Waals surface area contributed by atoms with Gasteiger partial charge in [0, 0.05) is 12.2 Å². The lowest BCUT2D eigenvalue weighted by Crippen LogP contribution is -1.99. The molecule has 0 unspecified atom stereocenters. The Balaban J connectivity index is 1.78. The molecule has 0 fully saturated rings. The molecule has 0 bridgehead atoms. The Bertz CT molecular complexity index is 785. The molecule has 0 atom stereocenters. The Morgan fingerprint density at radius 2 is 1.70 bits per heavy atom. The fourth-order valence-electron chi connectivity index (χ4n) is 2.25. The Kier molecular flexibility index (Phi) is 3.34. The van der Waals surface area contributed by atoms with E-state index in [4.69, 9.17) is 5.26 Å². The number of hydrogen-bond acceptors (Lipinski definition) is 2. The molecule has 96 valence electrons. The zero-order valence-corrected chi connectivity index (χ0v) is 11.0. The Morgan fingerprint density at radius 3 is 2.55 bits per heavy atom. The van der Waals surface area contributed by atoms with Gasteiger partial charge in [-0.2, -0.15) is 5.26 Å². The molecule has 0 radical (unpaired) electrons. The van der Waals surface area contributed by atoms with Gasteiger partial charge in [-0.25, -0.2) is 0 Å². The van der Waals surface area contributed by atoms with Crippen molar-refractivity contribution in [2.24, 2.45) is 0 Å². The number of fused-ring (bicyclic) bond motifs is 1. The Hall–Kier alpha value is -2.79. The lowest BCUT2D eigenvalue weighted by atomic mass is 10.1. The number of nitrogens with zero attached hydrogens (tertiary/aromatic N) is 1. The molecule has 0 aliphatic rings. The number of nitriles is 1. The van der Waals surface area contributed by atoms with Crippen molar-refractivity contribution in [1.82, 2.24) is 0 Å². The van der Waals surface area contributed by atoms with Crippen LogP contribution in [0.2, 0.25) is 0 Å². The van der Waals surface area contributed by atoms with Crippen LogP contribution in [0.3, 0.4) is 0 Å². The highest BCUT2D eigenvalue weighted by Gasteiger charge is 1.98. The minimum atomic E-state index is 0.697. The van der Waals surface area contributed by atoms with Crippen molar-refractivity contribution in [3.05, 3.63) is 77.9 Å². The molecule has 0 saturated heterocycles. The normalized spacial score (nSPS) is 10.2. The first-order valence-electron chi connectivity index (χ1n) is 6.57. The third kappa shape index (κ3) is 2.62. The number of rotatable bonds is 3. The van der Waals surface area contributed by atoms with Gasteiger partial charge in [0.1, 0.15) is 0 Å². The molecular weight excluding hydrogens is 244 g/mol. The topological polar surface area (TPSA) is 35.8 Å². The largest absolute Gasteiger partial charge is 0.381 e. The minimum Gasteiger partial charge on any atom is -0.381 e. The van der Waals surface area contributed by atoms with Crippen molar-refractivity contribution in [3.8, 4) is 6.07 Å². The highest BCUT2D eigenvalue weighted by atomic mass is 14.9. The van der Waals surface area contributed by atoms with Crippen LogP contribution in [0, 0.1) is 11.3 Å². The van der Waals surface area contributed by atoms with Crippen molar-refractivity contribution in [2.75, 3.05) is 5.32 Å². The first-order valence-corrected chi connectivity index (χ1v) is 6.57. The summed E-state index contributed by atoms with van der Waals surface area (Å²) in [6, 6.07) is 24.5. The molecule has 0 aliphatic carbocycles. The van der Waals surface area contributed by atoms with Gasteiger partial charge in [0.05, 0.1) is 11.6 Å². The SMILES string of the molecule is N#Cc1cccc(CNc2ccc3ccccc3c2)c1. The number of benzene rings is 3. The second-order valence-electron chi connectivity index (χ2n) is 4.73. The molecule has 0 aliphatic heterocycles. The molecule has 3 aromatic carbocycles. The predicted molar refractivity (Wildman–Crippen MR) is 82.4 cm³/mol. The highest BCUT2D eigenvalue weighted by Crippen LogP contribution is 2.19. The summed E-state index contributed by atoms with van der Waals surface area (Å²) in [5, 5.41) is 14.8. The van der Waals surface area contributed by atoms with Crippen LogP contribution < -0.4 is 5.32 Å². The second kappa shape index (κ2) is 5.46. The molecular formula is C18H14N2. The molecule has 2 nitrogen and oxygen atoms in total. The fraction of sp³-hybridized carbons (Fsp3) is 0.0556. The van der Waals surface area contributed by atoms with Crippen LogP contribution in [0.5, 0.6) is 0 Å². The quantitative estimate of drug-likeness (QED) is 0.759. The van der Waals surface area contributed by atoms with Gasteiger partial charge in [0.15, 0.2) is 0 Å². The zero-order chi connectivity index (χ0) is 13.8. The van der Waals surface area contributed by atoms with Gasteiger partial charge in [-0.05, 0) is 40.6 Å². The highest BCUT2D eigenvalue weighted by molar-refractivity contribution is 5.85. The summed E-state index contributed by atoms with van der Waals surface area (Å²) in [7, 11) is 0. The molecule has 2 heteroatoms. The Labute approximate surface area is 118 Å². The maximum atomic E-state index is 8.90. The molecule has 0 aromatic heterocycles. The van der Waals surface area contributed by atoms with Crippen LogP contribution in [0.25, 0.3) is 10.8 Å². The van der Waals surface area contributed by atoms with Gasteiger partial charge in [-0.1, -0.05) is 42.5 Å². The molecule has 20 heavy (non-hydrogen) atoms. The lowest BCUT2D eigenvalue weighted by Gasteiger charge is -2.08. The summed E-state index contributed by atoms with van der Waals surface area (Å²) in [5.74, 6) is 0. The third-order valence-electron chi connectivity index (χ3n) is 3.30. The summed E-state index contributed by atoms with van der Waals surface area (Å²) in [4.78, 5) is 0. The first-order chi connectivity index (χ1) is 9.85. The molecule has 0 saturated carbocycles. The average molecular weight is 258 g/mol. The van der Waals surface area contributed by atoms with E-state index in [1.807, 2.05) is 36.4 Å². The molecule has 0 amide bonds. The van der Waals surface area contributed by atoms with Crippen LogP contribution in [0.1, 0.15) is 11.1 Å². The van der Waals surface area contributed by atoms with Crippen LogP contribution in [-0.4, -0.2) is 0 Å². The molecule has 3 rings (SSSR count). The second-order valence-corrected chi connectivity index (χ2v) is 4.73. The standard InChI is InChI=1S/C18H14N2/c19-12-14-4-3-5-15(10-14)13-20-18-9-8-16-6-1-2-7-17(16)11-18/h1-11,20H,13H2. The third-order valence-corrected chi connectivity index (χ3v) is 3.30. The van der Waals surface area contributed by atoms with Crippen LogP contribution in [0.4, 0.5) is 5.69 Å². The van der Waals surface area contributed by atoms with E-state index in [2.05, 4.69) is 41.7 Å². The van der Waals surface area contributed by atoms with E-state index in [-0.39, 0.29) is 0 Å². The maximum absolute atomic E-state index is 8.90.